The summed E-state index contributed by atoms with van der Waals surface area (Å²) in [5, 5.41) is 0.845. The van der Waals surface area contributed by atoms with Crippen LogP contribution < -0.4 is 18.9 Å². The molecule has 0 aliphatic carbocycles. The van der Waals surface area contributed by atoms with Crippen molar-refractivity contribution in [2.45, 2.75) is 25.7 Å². The summed E-state index contributed by atoms with van der Waals surface area (Å²) >= 11 is 0. The van der Waals surface area contributed by atoms with Crippen molar-refractivity contribution in [3.63, 3.8) is 0 Å². The molecular weight excluding hydrogens is 488 g/mol. The summed E-state index contributed by atoms with van der Waals surface area (Å²) < 4.78 is 27.6. The maximum Gasteiger partial charge on any atom is 0.289 e. The van der Waals surface area contributed by atoms with Crippen LogP contribution in [0.15, 0.2) is 40.8 Å². The van der Waals surface area contributed by atoms with Gasteiger partial charge in [0, 0.05) is 37.1 Å². The highest BCUT2D eigenvalue weighted by Gasteiger charge is 2.43. The molecule has 2 aromatic carbocycles. The molecule has 5 rings (SSSR count). The average Bonchev–Trinajstić information content (AvgIpc) is 3.57. The van der Waals surface area contributed by atoms with Gasteiger partial charge in [-0.3, -0.25) is 9.59 Å². The van der Waals surface area contributed by atoms with Gasteiger partial charge in [0.05, 0.1) is 34.9 Å². The molecule has 1 aromatic heterocycles. The third-order valence-corrected chi connectivity index (χ3v) is 7.97. The van der Waals surface area contributed by atoms with E-state index in [0.29, 0.717) is 60.5 Å². The SMILES string of the molecule is COc1ccc(CC(=O)N2CCC3(CCN(C(=O)c4cc5cccc(OC)c5o4)CC3)C2)c(OC)c1OC. The van der Waals surface area contributed by atoms with Crippen LogP contribution in [0, 0.1) is 5.41 Å². The van der Waals surface area contributed by atoms with Gasteiger partial charge in [-0.2, -0.15) is 0 Å². The summed E-state index contributed by atoms with van der Waals surface area (Å²) in [6.07, 6.45) is 2.86. The maximum absolute atomic E-state index is 13.3. The van der Waals surface area contributed by atoms with Gasteiger partial charge in [-0.05, 0) is 42.9 Å². The molecule has 2 amide bonds. The first kappa shape index (κ1) is 25.8. The second-order valence-electron chi connectivity index (χ2n) is 10.0. The second kappa shape index (κ2) is 10.5. The van der Waals surface area contributed by atoms with Gasteiger partial charge in [-0.1, -0.05) is 18.2 Å². The second-order valence-corrected chi connectivity index (χ2v) is 10.0. The monoisotopic (exact) mass is 522 g/mol. The van der Waals surface area contributed by atoms with Crippen LogP contribution in [-0.4, -0.2) is 76.2 Å². The fraction of sp³-hybridized carbons (Fsp3) is 0.448. The zero-order chi connectivity index (χ0) is 26.9. The molecule has 2 fully saturated rings. The minimum Gasteiger partial charge on any atom is -0.493 e. The minimum absolute atomic E-state index is 0.0330. The van der Waals surface area contributed by atoms with Crippen molar-refractivity contribution >= 4 is 22.8 Å². The van der Waals surface area contributed by atoms with Crippen molar-refractivity contribution in [3.05, 3.63) is 47.7 Å². The summed E-state index contributed by atoms with van der Waals surface area (Å²) in [5.74, 6) is 2.45. The highest BCUT2D eigenvalue weighted by Crippen LogP contribution is 2.43. The number of hydrogen-bond donors (Lipinski definition) is 0. The summed E-state index contributed by atoms with van der Waals surface area (Å²) in [6, 6.07) is 11.0. The third kappa shape index (κ3) is 4.61. The Kier molecular flexibility index (Phi) is 7.10. The van der Waals surface area contributed by atoms with Crippen LogP contribution >= 0.6 is 0 Å². The molecule has 1 spiro atoms. The number of hydrogen-bond acceptors (Lipinski definition) is 7. The minimum atomic E-state index is -0.107. The van der Waals surface area contributed by atoms with E-state index in [2.05, 4.69) is 0 Å². The number of likely N-dealkylation sites (tertiary alicyclic amines) is 2. The topological polar surface area (TPSA) is 90.7 Å². The number of para-hydroxylation sites is 1. The number of amides is 2. The van der Waals surface area contributed by atoms with Gasteiger partial charge >= 0.3 is 0 Å². The normalized spacial score (nSPS) is 16.6. The fourth-order valence-electron chi connectivity index (χ4n) is 5.78. The molecule has 38 heavy (non-hydrogen) atoms. The van der Waals surface area contributed by atoms with Crippen LogP contribution in [0.3, 0.4) is 0 Å². The van der Waals surface area contributed by atoms with Crippen molar-refractivity contribution < 1.29 is 33.0 Å². The number of carbonyl (C=O) groups is 2. The molecule has 9 nitrogen and oxygen atoms in total. The molecule has 0 atom stereocenters. The Morgan fingerprint density at radius 1 is 0.842 bits per heavy atom. The van der Waals surface area contributed by atoms with Gasteiger partial charge in [0.1, 0.15) is 0 Å². The number of nitrogens with zero attached hydrogens (tertiary/aromatic N) is 2. The lowest BCUT2D eigenvalue weighted by Crippen LogP contribution is -2.44. The number of fused-ring (bicyclic) bond motifs is 1. The zero-order valence-corrected chi connectivity index (χ0v) is 22.4. The Morgan fingerprint density at radius 2 is 1.53 bits per heavy atom. The number of rotatable bonds is 7. The Bertz CT molecular complexity index is 1340. The molecule has 0 unspecified atom stereocenters. The van der Waals surface area contributed by atoms with Crippen molar-refractivity contribution in [2.75, 3.05) is 54.6 Å². The molecule has 3 aromatic rings. The summed E-state index contributed by atoms with van der Waals surface area (Å²) in [7, 11) is 6.27. The van der Waals surface area contributed by atoms with Crippen LogP contribution in [0.2, 0.25) is 0 Å². The van der Waals surface area contributed by atoms with E-state index in [1.54, 1.807) is 40.6 Å². The van der Waals surface area contributed by atoms with Gasteiger partial charge in [0.2, 0.25) is 11.7 Å². The summed E-state index contributed by atoms with van der Waals surface area (Å²) in [4.78, 5) is 30.3. The molecule has 2 aliphatic heterocycles. The van der Waals surface area contributed by atoms with Crippen molar-refractivity contribution in [1.82, 2.24) is 9.80 Å². The highest BCUT2D eigenvalue weighted by molar-refractivity contribution is 5.97. The van der Waals surface area contributed by atoms with E-state index in [-0.39, 0.29) is 23.7 Å². The van der Waals surface area contributed by atoms with E-state index in [1.807, 2.05) is 34.1 Å². The molecule has 2 aliphatic rings. The van der Waals surface area contributed by atoms with E-state index < -0.39 is 0 Å². The van der Waals surface area contributed by atoms with E-state index in [0.717, 1.165) is 30.2 Å². The molecule has 0 N–H and O–H groups in total. The van der Waals surface area contributed by atoms with Crippen molar-refractivity contribution in [3.8, 4) is 23.0 Å². The Morgan fingerprint density at radius 3 is 2.18 bits per heavy atom. The number of ether oxygens (including phenoxy) is 4. The predicted octanol–water partition coefficient (Wildman–Crippen LogP) is 4.16. The molecule has 2 saturated heterocycles. The van der Waals surface area contributed by atoms with Gasteiger partial charge in [-0.15, -0.1) is 0 Å². The van der Waals surface area contributed by atoms with Crippen molar-refractivity contribution in [2.24, 2.45) is 5.41 Å². The summed E-state index contributed by atoms with van der Waals surface area (Å²) in [6.45, 7) is 2.69. The predicted molar refractivity (Wildman–Crippen MR) is 141 cm³/mol. The zero-order valence-electron chi connectivity index (χ0n) is 22.4. The van der Waals surface area contributed by atoms with E-state index in [4.69, 9.17) is 23.4 Å². The number of piperidine rings is 1. The van der Waals surface area contributed by atoms with Crippen LogP contribution in [-0.2, 0) is 11.2 Å². The van der Waals surface area contributed by atoms with Crippen LogP contribution in [0.1, 0.15) is 35.4 Å². The third-order valence-electron chi connectivity index (χ3n) is 7.97. The quantitative estimate of drug-likeness (QED) is 0.460. The molecule has 3 heterocycles. The number of benzene rings is 2. The lowest BCUT2D eigenvalue weighted by atomic mass is 9.77. The lowest BCUT2D eigenvalue weighted by Gasteiger charge is -2.39. The highest BCUT2D eigenvalue weighted by atomic mass is 16.5. The Balaban J connectivity index is 1.21. The Hall–Kier alpha value is -3.88. The van der Waals surface area contributed by atoms with Gasteiger partial charge in [0.15, 0.2) is 28.6 Å². The molecule has 0 radical (unpaired) electrons. The fourth-order valence-corrected chi connectivity index (χ4v) is 5.78. The molecule has 202 valence electrons. The first-order valence-corrected chi connectivity index (χ1v) is 12.8. The average molecular weight is 523 g/mol. The number of carbonyl (C=O) groups excluding carboxylic acids is 2. The number of methoxy groups -OCH3 is 4. The molecule has 0 bridgehead atoms. The molecule has 0 saturated carbocycles. The van der Waals surface area contributed by atoms with Gasteiger partial charge in [0.25, 0.3) is 5.91 Å². The number of furan rings is 1. The van der Waals surface area contributed by atoms with Crippen LogP contribution in [0.4, 0.5) is 0 Å². The first-order chi connectivity index (χ1) is 18.4. The van der Waals surface area contributed by atoms with E-state index in [9.17, 15) is 9.59 Å². The van der Waals surface area contributed by atoms with E-state index >= 15 is 0 Å². The Labute approximate surface area is 222 Å². The van der Waals surface area contributed by atoms with Crippen molar-refractivity contribution in [1.29, 1.82) is 0 Å². The molecular formula is C29H34N2O7. The van der Waals surface area contributed by atoms with Gasteiger partial charge in [-0.25, -0.2) is 0 Å². The smallest absolute Gasteiger partial charge is 0.289 e. The first-order valence-electron chi connectivity index (χ1n) is 12.8. The van der Waals surface area contributed by atoms with E-state index in [1.165, 1.54) is 0 Å². The van der Waals surface area contributed by atoms with Crippen LogP contribution in [0.25, 0.3) is 11.0 Å². The maximum atomic E-state index is 13.3. The molecule has 9 heteroatoms. The van der Waals surface area contributed by atoms with Gasteiger partial charge < -0.3 is 33.2 Å². The largest absolute Gasteiger partial charge is 0.493 e. The lowest BCUT2D eigenvalue weighted by molar-refractivity contribution is -0.130. The summed E-state index contributed by atoms with van der Waals surface area (Å²) in [5.41, 5.74) is 1.38. The standard InChI is InChI=1S/C29H34N2O7/c1-34-21-7-5-6-19-16-23(38-25(19)21)28(33)30-13-10-29(11-14-30)12-15-31(18-29)24(32)17-20-8-9-22(35-2)27(37-4)26(20)36-3/h5-9,16H,10-15,17-18H2,1-4H3. The van der Waals surface area contributed by atoms with Crippen LogP contribution in [0.5, 0.6) is 23.0 Å².